The minimum atomic E-state index is -0.332. The first-order valence-corrected chi connectivity index (χ1v) is 7.52. The summed E-state index contributed by atoms with van der Waals surface area (Å²) in [6.45, 7) is 2.96. The van der Waals surface area contributed by atoms with Gasteiger partial charge in [0.2, 0.25) is 0 Å². The van der Waals surface area contributed by atoms with E-state index in [9.17, 15) is 9.18 Å². The Kier molecular flexibility index (Phi) is 3.17. The molecule has 0 bridgehead atoms. The van der Waals surface area contributed by atoms with Gasteiger partial charge in [0.15, 0.2) is 0 Å². The highest BCUT2D eigenvalue weighted by atomic mass is 32.1. The molecule has 20 heavy (non-hydrogen) atoms. The highest BCUT2D eigenvalue weighted by Crippen LogP contribution is 2.39. The Morgan fingerprint density at radius 1 is 1.55 bits per heavy atom. The molecule has 0 radical (unpaired) electrons. The molecule has 3 rings (SSSR count). The molecule has 1 fully saturated rings. The van der Waals surface area contributed by atoms with Crippen LogP contribution in [0.15, 0.2) is 18.2 Å². The summed E-state index contributed by atoms with van der Waals surface area (Å²) in [5.74, 6) is 0.917. The molecule has 106 valence electrons. The fourth-order valence-corrected chi connectivity index (χ4v) is 3.61. The van der Waals surface area contributed by atoms with E-state index in [2.05, 4.69) is 6.92 Å². The summed E-state index contributed by atoms with van der Waals surface area (Å²) >= 11 is 1.33. The van der Waals surface area contributed by atoms with Gasteiger partial charge in [0.25, 0.3) is 5.91 Å². The SMILES string of the molecule is CC1CC1CN(C)C(=O)c1sc2ccc(F)cc2c1N. The van der Waals surface area contributed by atoms with Gasteiger partial charge in [-0.25, -0.2) is 4.39 Å². The van der Waals surface area contributed by atoms with Gasteiger partial charge < -0.3 is 10.6 Å². The molecule has 3 nitrogen and oxygen atoms in total. The molecule has 1 aliphatic rings. The van der Waals surface area contributed by atoms with Gasteiger partial charge in [-0.3, -0.25) is 4.79 Å². The number of hydrogen-bond donors (Lipinski definition) is 1. The van der Waals surface area contributed by atoms with E-state index in [4.69, 9.17) is 5.73 Å². The number of thiophene rings is 1. The lowest BCUT2D eigenvalue weighted by molar-refractivity contribution is 0.0793. The lowest BCUT2D eigenvalue weighted by atomic mass is 10.2. The molecular formula is C15H17FN2OS. The van der Waals surface area contributed by atoms with Crippen LogP contribution in [0.5, 0.6) is 0 Å². The minimum absolute atomic E-state index is 0.0665. The largest absolute Gasteiger partial charge is 0.397 e. The van der Waals surface area contributed by atoms with Gasteiger partial charge in [-0.2, -0.15) is 0 Å². The van der Waals surface area contributed by atoms with Crippen LogP contribution in [-0.2, 0) is 0 Å². The van der Waals surface area contributed by atoms with E-state index in [1.54, 1.807) is 18.0 Å². The van der Waals surface area contributed by atoms with Gasteiger partial charge in [-0.15, -0.1) is 11.3 Å². The van der Waals surface area contributed by atoms with Crippen LogP contribution in [0.3, 0.4) is 0 Å². The zero-order valence-corrected chi connectivity index (χ0v) is 12.3. The molecule has 1 saturated carbocycles. The number of carbonyl (C=O) groups excluding carboxylic acids is 1. The van der Waals surface area contributed by atoms with Crippen LogP contribution in [0.1, 0.15) is 23.0 Å². The lowest BCUT2D eigenvalue weighted by Crippen LogP contribution is -2.28. The molecule has 1 heterocycles. The average Bonchev–Trinajstić information content (AvgIpc) is 3.00. The van der Waals surface area contributed by atoms with Crippen molar-refractivity contribution in [3.8, 4) is 0 Å². The third kappa shape index (κ3) is 2.26. The molecule has 2 atom stereocenters. The summed E-state index contributed by atoms with van der Waals surface area (Å²) in [5, 5.41) is 0.631. The third-order valence-corrected chi connectivity index (χ3v) is 5.19. The number of amides is 1. The van der Waals surface area contributed by atoms with Gasteiger partial charge >= 0.3 is 0 Å². The first-order valence-electron chi connectivity index (χ1n) is 6.70. The van der Waals surface area contributed by atoms with Crippen molar-refractivity contribution in [1.82, 2.24) is 4.90 Å². The van der Waals surface area contributed by atoms with Crippen molar-refractivity contribution in [3.05, 3.63) is 28.9 Å². The maximum Gasteiger partial charge on any atom is 0.265 e. The quantitative estimate of drug-likeness (QED) is 0.943. The zero-order chi connectivity index (χ0) is 14.4. The predicted molar refractivity (Wildman–Crippen MR) is 80.4 cm³/mol. The molecule has 1 aromatic carbocycles. The van der Waals surface area contributed by atoms with Gasteiger partial charge in [0, 0.05) is 23.7 Å². The molecule has 0 saturated heterocycles. The van der Waals surface area contributed by atoms with Gasteiger partial charge in [-0.1, -0.05) is 6.92 Å². The van der Waals surface area contributed by atoms with E-state index >= 15 is 0 Å². The number of fused-ring (bicyclic) bond motifs is 1. The van der Waals surface area contributed by atoms with Crippen molar-refractivity contribution in [2.45, 2.75) is 13.3 Å². The van der Waals surface area contributed by atoms with E-state index < -0.39 is 0 Å². The highest BCUT2D eigenvalue weighted by molar-refractivity contribution is 7.21. The molecule has 2 unspecified atom stereocenters. The Bertz CT molecular complexity index is 682. The van der Waals surface area contributed by atoms with Gasteiger partial charge in [0.05, 0.1) is 5.69 Å². The minimum Gasteiger partial charge on any atom is -0.397 e. The summed E-state index contributed by atoms with van der Waals surface area (Å²) in [6.07, 6.45) is 1.19. The zero-order valence-electron chi connectivity index (χ0n) is 11.5. The van der Waals surface area contributed by atoms with E-state index in [-0.39, 0.29) is 11.7 Å². The maximum absolute atomic E-state index is 13.3. The second-order valence-corrected chi connectivity index (χ2v) is 6.70. The summed E-state index contributed by atoms with van der Waals surface area (Å²) in [6, 6.07) is 4.45. The fourth-order valence-electron chi connectivity index (χ4n) is 2.51. The van der Waals surface area contributed by atoms with Crippen molar-refractivity contribution in [2.75, 3.05) is 19.3 Å². The summed E-state index contributed by atoms with van der Waals surface area (Å²) in [7, 11) is 1.80. The van der Waals surface area contributed by atoms with E-state index in [0.29, 0.717) is 27.8 Å². The molecular weight excluding hydrogens is 275 g/mol. The number of rotatable bonds is 3. The van der Waals surface area contributed by atoms with Crippen LogP contribution in [0.2, 0.25) is 0 Å². The van der Waals surface area contributed by atoms with Crippen molar-refractivity contribution >= 4 is 33.0 Å². The van der Waals surface area contributed by atoms with Crippen molar-refractivity contribution < 1.29 is 9.18 Å². The average molecular weight is 292 g/mol. The van der Waals surface area contributed by atoms with Crippen molar-refractivity contribution in [1.29, 1.82) is 0 Å². The number of nitrogens with zero attached hydrogens (tertiary/aromatic N) is 1. The van der Waals surface area contributed by atoms with Crippen LogP contribution < -0.4 is 5.73 Å². The topological polar surface area (TPSA) is 46.3 Å². The Morgan fingerprint density at radius 2 is 2.25 bits per heavy atom. The second kappa shape index (κ2) is 4.74. The first kappa shape index (κ1) is 13.4. The molecule has 1 amide bonds. The van der Waals surface area contributed by atoms with Crippen LogP contribution >= 0.6 is 11.3 Å². The number of benzene rings is 1. The van der Waals surface area contributed by atoms with Crippen LogP contribution in [0, 0.1) is 17.7 Å². The van der Waals surface area contributed by atoms with E-state index in [1.807, 2.05) is 0 Å². The molecule has 2 N–H and O–H groups in total. The summed E-state index contributed by atoms with van der Waals surface area (Å²) < 4.78 is 14.1. The smallest absolute Gasteiger partial charge is 0.265 e. The van der Waals surface area contributed by atoms with Gasteiger partial charge in [-0.05, 0) is 36.5 Å². The Hall–Kier alpha value is -1.62. The number of nitrogen functional groups attached to an aromatic ring is 1. The summed E-state index contributed by atoms with van der Waals surface area (Å²) in [5.41, 5.74) is 6.41. The Balaban J connectivity index is 1.89. The van der Waals surface area contributed by atoms with Crippen molar-refractivity contribution in [2.24, 2.45) is 11.8 Å². The van der Waals surface area contributed by atoms with Gasteiger partial charge in [0.1, 0.15) is 10.7 Å². The molecule has 1 aromatic heterocycles. The fraction of sp³-hybridized carbons (Fsp3) is 0.400. The number of halogens is 1. The van der Waals surface area contributed by atoms with Crippen molar-refractivity contribution in [3.63, 3.8) is 0 Å². The maximum atomic E-state index is 13.3. The first-order chi connectivity index (χ1) is 9.47. The number of nitrogens with two attached hydrogens (primary N) is 1. The monoisotopic (exact) mass is 292 g/mol. The second-order valence-electron chi connectivity index (χ2n) is 5.64. The van der Waals surface area contributed by atoms with E-state index in [0.717, 1.165) is 11.2 Å². The molecule has 5 heteroatoms. The number of anilines is 1. The third-order valence-electron chi connectivity index (χ3n) is 4.01. The molecule has 2 aromatic rings. The Labute approximate surface area is 121 Å². The summed E-state index contributed by atoms with van der Waals surface area (Å²) in [4.78, 5) is 14.7. The molecule has 0 spiro atoms. The standard InChI is InChI=1S/C15H17FN2OS/c1-8-5-9(8)7-18(2)15(19)14-13(17)11-6-10(16)3-4-12(11)20-14/h3-4,6,8-9H,5,7,17H2,1-2H3. The number of carbonyl (C=O) groups is 1. The molecule has 0 aliphatic heterocycles. The van der Waals surface area contributed by atoms with E-state index in [1.165, 1.54) is 29.9 Å². The van der Waals surface area contributed by atoms with Crippen LogP contribution in [-0.4, -0.2) is 24.4 Å². The predicted octanol–water partition coefficient (Wildman–Crippen LogP) is 3.35. The molecule has 1 aliphatic carbocycles. The number of hydrogen-bond acceptors (Lipinski definition) is 3. The van der Waals surface area contributed by atoms with Crippen LogP contribution in [0.4, 0.5) is 10.1 Å². The Morgan fingerprint density at radius 3 is 2.90 bits per heavy atom. The highest BCUT2D eigenvalue weighted by Gasteiger charge is 2.34. The normalized spacial score (nSPS) is 21.1. The van der Waals surface area contributed by atoms with Crippen LogP contribution in [0.25, 0.3) is 10.1 Å². The lowest BCUT2D eigenvalue weighted by Gasteiger charge is -2.16.